The Morgan fingerprint density at radius 1 is 1.00 bits per heavy atom. The van der Waals surface area contributed by atoms with E-state index in [2.05, 4.69) is 4.98 Å². The molecule has 6 nitrogen and oxygen atoms in total. The van der Waals surface area contributed by atoms with Gasteiger partial charge < -0.3 is 24.1 Å². The fraction of sp³-hybridized carbons (Fsp3) is 0.643. The van der Waals surface area contributed by atoms with Crippen LogP contribution in [0.15, 0.2) is 12.1 Å². The van der Waals surface area contributed by atoms with Crippen LogP contribution < -0.4 is 4.74 Å². The number of pyridine rings is 1. The average Bonchev–Trinajstić information content (AvgIpc) is 2.46. The van der Waals surface area contributed by atoms with Crippen LogP contribution in [0.3, 0.4) is 0 Å². The molecule has 1 heterocycles. The lowest BCUT2D eigenvalue weighted by molar-refractivity contribution is 0.0176. The number of hydrogen-bond donors (Lipinski definition) is 1. The van der Waals surface area contributed by atoms with Crippen molar-refractivity contribution in [2.75, 3.05) is 46.8 Å². The number of aromatic nitrogens is 1. The fourth-order valence-electron chi connectivity index (χ4n) is 1.48. The molecular weight excluding hydrogens is 262 g/mol. The minimum atomic E-state index is -0.00864. The van der Waals surface area contributed by atoms with Crippen LogP contribution in [0.4, 0.5) is 0 Å². The van der Waals surface area contributed by atoms with Crippen LogP contribution in [0.25, 0.3) is 0 Å². The number of methoxy groups -OCH3 is 1. The molecule has 0 saturated carbocycles. The van der Waals surface area contributed by atoms with E-state index in [-0.39, 0.29) is 6.61 Å². The van der Waals surface area contributed by atoms with E-state index in [9.17, 15) is 0 Å². The predicted octanol–water partition coefficient (Wildman–Crippen LogP) is 0.941. The van der Waals surface area contributed by atoms with Gasteiger partial charge in [-0.05, 0) is 18.6 Å². The van der Waals surface area contributed by atoms with Gasteiger partial charge in [0.25, 0.3) is 0 Å². The van der Waals surface area contributed by atoms with Crippen LogP contribution >= 0.6 is 0 Å². The van der Waals surface area contributed by atoms with Gasteiger partial charge in [0.05, 0.1) is 39.6 Å². The highest BCUT2D eigenvalue weighted by atomic mass is 16.6. The molecule has 0 aliphatic rings. The number of ether oxygens (including phenoxy) is 4. The first kappa shape index (κ1) is 16.8. The highest BCUT2D eigenvalue weighted by Crippen LogP contribution is 2.12. The van der Waals surface area contributed by atoms with Gasteiger partial charge >= 0.3 is 0 Å². The van der Waals surface area contributed by atoms with Gasteiger partial charge in [-0.1, -0.05) is 0 Å². The SMILES string of the molecule is COCCOCCOCCOc1ccc(CO)c(C)n1. The van der Waals surface area contributed by atoms with Crippen LogP contribution in [0, 0.1) is 6.92 Å². The van der Waals surface area contributed by atoms with E-state index in [1.165, 1.54) is 0 Å². The maximum absolute atomic E-state index is 9.04. The lowest BCUT2D eigenvalue weighted by Gasteiger charge is -2.08. The van der Waals surface area contributed by atoms with Gasteiger partial charge in [-0.3, -0.25) is 0 Å². The zero-order chi connectivity index (χ0) is 14.6. The van der Waals surface area contributed by atoms with Crippen molar-refractivity contribution in [3.8, 4) is 5.88 Å². The Hall–Kier alpha value is -1.21. The van der Waals surface area contributed by atoms with Gasteiger partial charge in [-0.2, -0.15) is 0 Å². The second-order valence-corrected chi connectivity index (χ2v) is 4.12. The molecule has 0 aliphatic heterocycles. The normalized spacial score (nSPS) is 10.8. The van der Waals surface area contributed by atoms with Gasteiger partial charge in [-0.25, -0.2) is 4.98 Å². The van der Waals surface area contributed by atoms with E-state index < -0.39 is 0 Å². The van der Waals surface area contributed by atoms with Crippen molar-refractivity contribution in [2.45, 2.75) is 13.5 Å². The smallest absolute Gasteiger partial charge is 0.213 e. The Morgan fingerprint density at radius 3 is 2.25 bits per heavy atom. The topological polar surface area (TPSA) is 70.0 Å². The summed E-state index contributed by atoms with van der Waals surface area (Å²) in [7, 11) is 1.64. The summed E-state index contributed by atoms with van der Waals surface area (Å²) in [5.74, 6) is 0.541. The highest BCUT2D eigenvalue weighted by Gasteiger charge is 2.01. The summed E-state index contributed by atoms with van der Waals surface area (Å²) in [6.07, 6.45) is 0. The zero-order valence-corrected chi connectivity index (χ0v) is 12.1. The van der Waals surface area contributed by atoms with Crippen LogP contribution in [0.1, 0.15) is 11.3 Å². The maximum atomic E-state index is 9.04. The third-order valence-electron chi connectivity index (χ3n) is 2.62. The molecule has 0 spiro atoms. The molecule has 6 heteroatoms. The van der Waals surface area contributed by atoms with Crippen molar-refractivity contribution < 1.29 is 24.1 Å². The van der Waals surface area contributed by atoms with E-state index in [0.29, 0.717) is 45.5 Å². The lowest BCUT2D eigenvalue weighted by Crippen LogP contribution is -2.12. The molecule has 114 valence electrons. The quantitative estimate of drug-likeness (QED) is 0.610. The Morgan fingerprint density at radius 2 is 1.65 bits per heavy atom. The third kappa shape index (κ3) is 6.81. The summed E-state index contributed by atoms with van der Waals surface area (Å²) in [6, 6.07) is 3.55. The molecule has 0 bridgehead atoms. The number of aliphatic hydroxyl groups is 1. The molecule has 0 atom stereocenters. The minimum Gasteiger partial charge on any atom is -0.475 e. The lowest BCUT2D eigenvalue weighted by atomic mass is 10.2. The van der Waals surface area contributed by atoms with Gasteiger partial charge in [0.1, 0.15) is 6.61 Å². The van der Waals surface area contributed by atoms with Crippen molar-refractivity contribution in [3.63, 3.8) is 0 Å². The van der Waals surface area contributed by atoms with Crippen molar-refractivity contribution in [3.05, 3.63) is 23.4 Å². The summed E-state index contributed by atoms with van der Waals surface area (Å²) in [5, 5.41) is 9.04. The number of rotatable bonds is 11. The van der Waals surface area contributed by atoms with Gasteiger partial charge in [0, 0.05) is 18.9 Å². The standard InChI is InChI=1S/C14H23NO5/c1-12-13(11-16)3-4-14(15-12)20-10-9-19-8-7-18-6-5-17-2/h3-4,16H,5-11H2,1-2H3. The molecular formula is C14H23NO5. The molecule has 1 aromatic heterocycles. The van der Waals surface area contributed by atoms with Crippen molar-refractivity contribution in [2.24, 2.45) is 0 Å². The highest BCUT2D eigenvalue weighted by molar-refractivity contribution is 5.24. The summed E-state index contributed by atoms with van der Waals surface area (Å²) in [6.45, 7) is 5.00. The van der Waals surface area contributed by atoms with E-state index in [1.54, 1.807) is 13.2 Å². The van der Waals surface area contributed by atoms with Gasteiger partial charge in [-0.15, -0.1) is 0 Å². The Balaban J connectivity index is 2.05. The van der Waals surface area contributed by atoms with Crippen LogP contribution in [-0.2, 0) is 20.8 Å². The maximum Gasteiger partial charge on any atom is 0.213 e. The predicted molar refractivity (Wildman–Crippen MR) is 73.9 cm³/mol. The zero-order valence-electron chi connectivity index (χ0n) is 12.1. The molecule has 1 aromatic rings. The van der Waals surface area contributed by atoms with Crippen LogP contribution in [0.5, 0.6) is 5.88 Å². The summed E-state index contributed by atoms with van der Waals surface area (Å²) >= 11 is 0. The number of nitrogens with zero attached hydrogens (tertiary/aromatic N) is 1. The van der Waals surface area contributed by atoms with Crippen molar-refractivity contribution >= 4 is 0 Å². The Kier molecular flexibility index (Phi) is 8.90. The first-order valence-corrected chi connectivity index (χ1v) is 6.62. The number of aliphatic hydroxyl groups excluding tert-OH is 1. The van der Waals surface area contributed by atoms with Gasteiger partial charge in [0.15, 0.2) is 0 Å². The second kappa shape index (κ2) is 10.6. The minimum absolute atomic E-state index is 0.00864. The van der Waals surface area contributed by atoms with Crippen LogP contribution in [-0.4, -0.2) is 56.8 Å². The molecule has 0 aromatic carbocycles. The van der Waals surface area contributed by atoms with Gasteiger partial charge in [0.2, 0.25) is 5.88 Å². The first-order chi connectivity index (χ1) is 9.77. The largest absolute Gasteiger partial charge is 0.475 e. The average molecular weight is 285 g/mol. The summed E-state index contributed by atoms with van der Waals surface area (Å²) in [4.78, 5) is 4.24. The van der Waals surface area contributed by atoms with Crippen LogP contribution in [0.2, 0.25) is 0 Å². The molecule has 1 rings (SSSR count). The monoisotopic (exact) mass is 285 g/mol. The third-order valence-corrected chi connectivity index (χ3v) is 2.62. The molecule has 0 aliphatic carbocycles. The summed E-state index contributed by atoms with van der Waals surface area (Å²) < 4.78 is 20.9. The first-order valence-electron chi connectivity index (χ1n) is 6.62. The van der Waals surface area contributed by atoms with E-state index in [1.807, 2.05) is 13.0 Å². The van der Waals surface area contributed by atoms with E-state index in [4.69, 9.17) is 24.1 Å². The molecule has 20 heavy (non-hydrogen) atoms. The molecule has 0 unspecified atom stereocenters. The number of hydrogen-bond acceptors (Lipinski definition) is 6. The van der Waals surface area contributed by atoms with E-state index in [0.717, 1.165) is 11.3 Å². The Bertz CT molecular complexity index is 373. The number of aryl methyl sites for hydroxylation is 1. The Labute approximate surface area is 119 Å². The van der Waals surface area contributed by atoms with Crippen molar-refractivity contribution in [1.82, 2.24) is 4.98 Å². The fourth-order valence-corrected chi connectivity index (χ4v) is 1.48. The molecule has 0 saturated heterocycles. The molecule has 1 N–H and O–H groups in total. The van der Waals surface area contributed by atoms with E-state index >= 15 is 0 Å². The second-order valence-electron chi connectivity index (χ2n) is 4.12. The molecule has 0 fully saturated rings. The summed E-state index contributed by atoms with van der Waals surface area (Å²) in [5.41, 5.74) is 1.58. The molecule has 0 amide bonds. The van der Waals surface area contributed by atoms with Crippen molar-refractivity contribution in [1.29, 1.82) is 0 Å². The molecule has 0 radical (unpaired) electrons.